The number of ether oxygens (including phenoxy) is 2. The second-order valence-electron chi connectivity index (χ2n) is 3.79. The molecule has 2 fully saturated rings. The Morgan fingerprint density at radius 3 is 2.38 bits per heavy atom. The zero-order chi connectivity index (χ0) is 8.93. The summed E-state index contributed by atoms with van der Waals surface area (Å²) in [5.41, 5.74) is 0. The second kappa shape index (κ2) is 5.23. The molecule has 0 bridgehead atoms. The zero-order valence-corrected chi connectivity index (χ0v) is 8.85. The van der Waals surface area contributed by atoms with Crippen molar-refractivity contribution in [3.05, 3.63) is 0 Å². The molecule has 0 aliphatic carbocycles. The molecule has 2 saturated heterocycles. The van der Waals surface area contributed by atoms with Crippen LogP contribution in [0.3, 0.4) is 0 Å². The molecule has 76 valence electrons. The SMILES string of the molecule is C1COCC(SC2CCOCC2)C1. The van der Waals surface area contributed by atoms with Crippen molar-refractivity contribution in [3.63, 3.8) is 0 Å². The van der Waals surface area contributed by atoms with E-state index >= 15 is 0 Å². The molecule has 0 saturated carbocycles. The Labute approximate surface area is 84.4 Å². The van der Waals surface area contributed by atoms with Crippen LogP contribution in [0.1, 0.15) is 25.7 Å². The number of rotatable bonds is 2. The van der Waals surface area contributed by atoms with Crippen molar-refractivity contribution < 1.29 is 9.47 Å². The largest absolute Gasteiger partial charge is 0.381 e. The Balaban J connectivity index is 1.69. The van der Waals surface area contributed by atoms with Gasteiger partial charge in [-0.05, 0) is 25.7 Å². The molecule has 13 heavy (non-hydrogen) atoms. The smallest absolute Gasteiger partial charge is 0.0585 e. The van der Waals surface area contributed by atoms with Gasteiger partial charge in [-0.3, -0.25) is 0 Å². The van der Waals surface area contributed by atoms with Gasteiger partial charge in [0.05, 0.1) is 6.61 Å². The summed E-state index contributed by atoms with van der Waals surface area (Å²) in [7, 11) is 0. The van der Waals surface area contributed by atoms with Crippen molar-refractivity contribution in [1.82, 2.24) is 0 Å². The molecule has 1 atom stereocenters. The summed E-state index contributed by atoms with van der Waals surface area (Å²) in [4.78, 5) is 0. The van der Waals surface area contributed by atoms with Crippen LogP contribution in [-0.2, 0) is 9.47 Å². The minimum atomic E-state index is 0.761. The molecule has 0 spiro atoms. The second-order valence-corrected chi connectivity index (χ2v) is 5.39. The predicted molar refractivity (Wildman–Crippen MR) is 55.3 cm³/mol. The van der Waals surface area contributed by atoms with Crippen LogP contribution >= 0.6 is 11.8 Å². The van der Waals surface area contributed by atoms with E-state index in [2.05, 4.69) is 11.8 Å². The van der Waals surface area contributed by atoms with Crippen molar-refractivity contribution in [2.75, 3.05) is 26.4 Å². The topological polar surface area (TPSA) is 18.5 Å². The van der Waals surface area contributed by atoms with Crippen LogP contribution in [0.15, 0.2) is 0 Å². The van der Waals surface area contributed by atoms with E-state index in [1.54, 1.807) is 0 Å². The van der Waals surface area contributed by atoms with E-state index in [-0.39, 0.29) is 0 Å². The highest BCUT2D eigenvalue weighted by Gasteiger charge is 2.21. The van der Waals surface area contributed by atoms with Crippen LogP contribution in [0.5, 0.6) is 0 Å². The minimum absolute atomic E-state index is 0.761. The number of thioether (sulfide) groups is 1. The van der Waals surface area contributed by atoms with Gasteiger partial charge in [-0.15, -0.1) is 0 Å². The standard InChI is InChI=1S/C10H18O2S/c1-2-10(8-12-5-1)13-9-3-6-11-7-4-9/h9-10H,1-8H2. The Bertz CT molecular complexity index is 124. The lowest BCUT2D eigenvalue weighted by atomic mass is 10.2. The van der Waals surface area contributed by atoms with Crippen LogP contribution in [0, 0.1) is 0 Å². The van der Waals surface area contributed by atoms with Crippen molar-refractivity contribution in [1.29, 1.82) is 0 Å². The van der Waals surface area contributed by atoms with Gasteiger partial charge in [0.2, 0.25) is 0 Å². The lowest BCUT2D eigenvalue weighted by Gasteiger charge is -2.28. The van der Waals surface area contributed by atoms with E-state index in [9.17, 15) is 0 Å². The van der Waals surface area contributed by atoms with Gasteiger partial charge in [0.1, 0.15) is 0 Å². The van der Waals surface area contributed by atoms with Gasteiger partial charge in [0, 0.05) is 30.3 Å². The molecule has 2 nitrogen and oxygen atoms in total. The Morgan fingerprint density at radius 2 is 1.69 bits per heavy atom. The van der Waals surface area contributed by atoms with E-state index in [0.29, 0.717) is 0 Å². The molecule has 1 unspecified atom stereocenters. The maximum absolute atomic E-state index is 5.47. The third kappa shape index (κ3) is 3.15. The molecule has 0 aromatic rings. The van der Waals surface area contributed by atoms with E-state index in [0.717, 1.165) is 36.9 Å². The van der Waals surface area contributed by atoms with E-state index in [4.69, 9.17) is 9.47 Å². The molecule has 2 aliphatic rings. The molecular weight excluding hydrogens is 184 g/mol. The lowest BCUT2D eigenvalue weighted by molar-refractivity contribution is 0.0949. The van der Waals surface area contributed by atoms with E-state index < -0.39 is 0 Å². The first kappa shape index (κ1) is 9.81. The van der Waals surface area contributed by atoms with Crippen LogP contribution in [0.4, 0.5) is 0 Å². The molecule has 0 aromatic heterocycles. The summed E-state index contributed by atoms with van der Waals surface area (Å²) in [6.45, 7) is 3.88. The van der Waals surface area contributed by atoms with Gasteiger partial charge < -0.3 is 9.47 Å². The average molecular weight is 202 g/mol. The predicted octanol–water partition coefficient (Wildman–Crippen LogP) is 2.08. The van der Waals surface area contributed by atoms with Gasteiger partial charge >= 0.3 is 0 Å². The van der Waals surface area contributed by atoms with Crippen LogP contribution in [0.25, 0.3) is 0 Å². The van der Waals surface area contributed by atoms with Gasteiger partial charge in [-0.25, -0.2) is 0 Å². The first-order valence-electron chi connectivity index (χ1n) is 5.26. The highest BCUT2D eigenvalue weighted by Crippen LogP contribution is 2.30. The maximum atomic E-state index is 5.47. The third-order valence-electron chi connectivity index (χ3n) is 2.67. The summed E-state index contributed by atoms with van der Waals surface area (Å²) in [5, 5.41) is 1.59. The van der Waals surface area contributed by atoms with E-state index in [1.165, 1.54) is 25.7 Å². The van der Waals surface area contributed by atoms with Gasteiger partial charge in [0.15, 0.2) is 0 Å². The monoisotopic (exact) mass is 202 g/mol. The summed E-state index contributed by atoms with van der Waals surface area (Å²) >= 11 is 2.14. The minimum Gasteiger partial charge on any atom is -0.381 e. The van der Waals surface area contributed by atoms with Gasteiger partial charge in [-0.2, -0.15) is 11.8 Å². The normalized spacial score (nSPS) is 31.8. The Hall–Kier alpha value is 0.270. The van der Waals surface area contributed by atoms with Crippen molar-refractivity contribution >= 4 is 11.8 Å². The Morgan fingerprint density at radius 1 is 0.846 bits per heavy atom. The summed E-state index contributed by atoms with van der Waals surface area (Å²) in [6, 6.07) is 0. The quantitative estimate of drug-likeness (QED) is 0.683. The van der Waals surface area contributed by atoms with Crippen molar-refractivity contribution in [2.24, 2.45) is 0 Å². The van der Waals surface area contributed by atoms with Gasteiger partial charge in [-0.1, -0.05) is 0 Å². The lowest BCUT2D eigenvalue weighted by Crippen LogP contribution is -2.25. The third-order valence-corrected chi connectivity index (χ3v) is 4.28. The Kier molecular flexibility index (Phi) is 3.94. The highest BCUT2D eigenvalue weighted by molar-refractivity contribution is 8.00. The molecule has 2 rings (SSSR count). The fraction of sp³-hybridized carbons (Fsp3) is 1.00. The van der Waals surface area contributed by atoms with Gasteiger partial charge in [0.25, 0.3) is 0 Å². The molecule has 0 aromatic carbocycles. The zero-order valence-electron chi connectivity index (χ0n) is 8.04. The fourth-order valence-corrected chi connectivity index (χ4v) is 3.39. The van der Waals surface area contributed by atoms with Crippen LogP contribution < -0.4 is 0 Å². The van der Waals surface area contributed by atoms with Crippen LogP contribution in [-0.4, -0.2) is 36.9 Å². The van der Waals surface area contributed by atoms with Crippen molar-refractivity contribution in [3.8, 4) is 0 Å². The molecule has 0 amide bonds. The molecule has 3 heteroatoms. The van der Waals surface area contributed by atoms with E-state index in [1.807, 2.05) is 0 Å². The first-order valence-corrected chi connectivity index (χ1v) is 6.20. The molecule has 0 radical (unpaired) electrons. The maximum Gasteiger partial charge on any atom is 0.0585 e. The summed E-state index contributed by atoms with van der Waals surface area (Å²) < 4.78 is 10.8. The highest BCUT2D eigenvalue weighted by atomic mass is 32.2. The molecule has 0 N–H and O–H groups in total. The first-order chi connectivity index (χ1) is 6.45. The fourth-order valence-electron chi connectivity index (χ4n) is 1.90. The van der Waals surface area contributed by atoms with Crippen molar-refractivity contribution in [2.45, 2.75) is 36.2 Å². The number of hydrogen-bond donors (Lipinski definition) is 0. The molecule has 2 aliphatic heterocycles. The van der Waals surface area contributed by atoms with Crippen LogP contribution in [0.2, 0.25) is 0 Å². The molecule has 2 heterocycles. The average Bonchev–Trinajstić information content (AvgIpc) is 2.21. The molecular formula is C10H18O2S. The summed E-state index contributed by atoms with van der Waals surface area (Å²) in [5.74, 6) is 0. The summed E-state index contributed by atoms with van der Waals surface area (Å²) in [6.07, 6.45) is 5.07. The number of hydrogen-bond acceptors (Lipinski definition) is 3.